The zero-order valence-electron chi connectivity index (χ0n) is 19.0. The highest BCUT2D eigenvalue weighted by Gasteiger charge is 2.35. The van der Waals surface area contributed by atoms with Crippen LogP contribution in [0.1, 0.15) is 74.3 Å². The van der Waals surface area contributed by atoms with Crippen LogP contribution < -0.4 is 0 Å². The first-order valence-corrected chi connectivity index (χ1v) is 10.9. The lowest BCUT2D eigenvalue weighted by molar-refractivity contribution is 0.0158. The molecule has 1 aliphatic heterocycles. The van der Waals surface area contributed by atoms with E-state index < -0.39 is 29.1 Å². The number of nitrogens with zero attached hydrogens (tertiary/aromatic N) is 2. The number of aromatic nitrogens is 1. The van der Waals surface area contributed by atoms with Crippen molar-refractivity contribution in [2.24, 2.45) is 0 Å². The van der Waals surface area contributed by atoms with Crippen LogP contribution in [0.3, 0.4) is 0 Å². The number of aromatic hydroxyl groups is 1. The number of ether oxygens (including phenoxy) is 1. The number of aliphatic hydroxyl groups is 1. The van der Waals surface area contributed by atoms with E-state index in [1.165, 1.54) is 13.1 Å². The van der Waals surface area contributed by atoms with Crippen molar-refractivity contribution in [2.75, 3.05) is 6.54 Å². The number of phenolic OH excluding ortho intramolecular Hbond substituents is 1. The topological polar surface area (TPSA) is 100.0 Å². The quantitative estimate of drug-likeness (QED) is 0.637. The summed E-state index contributed by atoms with van der Waals surface area (Å²) in [5.74, 6) is -0.609. The molecule has 1 aliphatic rings. The average molecular weight is 461 g/mol. The molecule has 7 nitrogen and oxygen atoms in total. The molecule has 1 amide bonds. The van der Waals surface area contributed by atoms with Gasteiger partial charge in [-0.15, -0.1) is 0 Å². The fourth-order valence-corrected chi connectivity index (χ4v) is 4.02. The zero-order chi connectivity index (χ0) is 23.8. The molecule has 3 rings (SSSR count). The summed E-state index contributed by atoms with van der Waals surface area (Å²) in [5.41, 5.74) is -0.390. The maximum absolute atomic E-state index is 13.0. The lowest BCUT2D eigenvalue weighted by atomic mass is 9.87. The second-order valence-corrected chi connectivity index (χ2v) is 9.81. The van der Waals surface area contributed by atoms with E-state index in [-0.39, 0.29) is 17.7 Å². The minimum Gasteiger partial charge on any atom is -0.507 e. The molecule has 1 aromatic carbocycles. The number of hydrogen-bond acceptors (Lipinski definition) is 6. The molecule has 0 saturated carbocycles. The first-order chi connectivity index (χ1) is 14.8. The molecule has 0 bridgehead atoms. The second kappa shape index (κ2) is 8.71. The number of carbonyl (C=O) groups is 2. The number of Topliss-reactive ketones (excluding diaryl/α,β-unsaturated/α-hetero) is 1. The van der Waals surface area contributed by atoms with Crippen molar-refractivity contribution < 1.29 is 24.5 Å². The maximum Gasteiger partial charge on any atom is 0.410 e. The monoisotopic (exact) mass is 460 g/mol. The summed E-state index contributed by atoms with van der Waals surface area (Å²) in [7, 11) is 0. The number of halogens is 1. The van der Waals surface area contributed by atoms with Crippen LogP contribution in [0.2, 0.25) is 5.02 Å². The van der Waals surface area contributed by atoms with Gasteiger partial charge in [0.15, 0.2) is 5.78 Å². The van der Waals surface area contributed by atoms with Gasteiger partial charge >= 0.3 is 6.09 Å². The van der Waals surface area contributed by atoms with Gasteiger partial charge in [-0.05, 0) is 64.8 Å². The third-order valence-electron chi connectivity index (χ3n) is 5.53. The van der Waals surface area contributed by atoms with Crippen LogP contribution in [0.25, 0.3) is 0 Å². The molecule has 2 N–H and O–H groups in total. The fourth-order valence-electron chi connectivity index (χ4n) is 3.91. The molecule has 2 unspecified atom stereocenters. The summed E-state index contributed by atoms with van der Waals surface area (Å²) >= 11 is 5.85. The van der Waals surface area contributed by atoms with Crippen molar-refractivity contribution in [3.63, 3.8) is 0 Å². The predicted molar refractivity (Wildman–Crippen MR) is 121 cm³/mol. The Bertz CT molecular complexity index is 1030. The lowest BCUT2D eigenvalue weighted by Gasteiger charge is -2.37. The number of phenols is 1. The van der Waals surface area contributed by atoms with Crippen molar-refractivity contribution in [1.29, 1.82) is 0 Å². The van der Waals surface area contributed by atoms with Crippen LogP contribution in [-0.2, 0) is 16.8 Å². The molecule has 2 aromatic rings. The number of hydrogen-bond donors (Lipinski definition) is 2. The summed E-state index contributed by atoms with van der Waals surface area (Å²) < 4.78 is 5.49. The van der Waals surface area contributed by atoms with E-state index in [2.05, 4.69) is 4.98 Å². The molecule has 32 heavy (non-hydrogen) atoms. The predicted octanol–water partition coefficient (Wildman–Crippen LogP) is 4.78. The highest BCUT2D eigenvalue weighted by atomic mass is 35.5. The number of rotatable bonds is 4. The summed E-state index contributed by atoms with van der Waals surface area (Å²) in [4.78, 5) is 31.3. The van der Waals surface area contributed by atoms with Crippen LogP contribution >= 0.6 is 11.6 Å². The molecule has 0 radical (unpaired) electrons. The standard InChI is InChI=1S/C24H29ClN2O5/c1-14-20-15(10-11-27(14)22(30)32-23(2,3)4)6-8-17(21(20)29)18(28)12-24(5,31)19-9-7-16(25)13-26-19/h6-9,13-14,29,31H,10-12H2,1-5H3. The molecule has 8 heteroatoms. The molecule has 0 aliphatic carbocycles. The lowest BCUT2D eigenvalue weighted by Crippen LogP contribution is -2.42. The Morgan fingerprint density at radius 2 is 1.91 bits per heavy atom. The van der Waals surface area contributed by atoms with Crippen molar-refractivity contribution in [3.8, 4) is 5.75 Å². The van der Waals surface area contributed by atoms with E-state index in [4.69, 9.17) is 16.3 Å². The van der Waals surface area contributed by atoms with Crippen molar-refractivity contribution in [3.05, 3.63) is 57.9 Å². The molecule has 172 valence electrons. The fraction of sp³-hybridized carbons (Fsp3) is 0.458. The van der Waals surface area contributed by atoms with Crippen molar-refractivity contribution in [2.45, 2.75) is 64.7 Å². The van der Waals surface area contributed by atoms with E-state index in [1.54, 1.807) is 56.9 Å². The third-order valence-corrected chi connectivity index (χ3v) is 5.75. The van der Waals surface area contributed by atoms with E-state index in [9.17, 15) is 19.8 Å². The molecule has 0 spiro atoms. The highest BCUT2D eigenvalue weighted by molar-refractivity contribution is 6.30. The van der Waals surface area contributed by atoms with Gasteiger partial charge in [0.05, 0.1) is 22.3 Å². The van der Waals surface area contributed by atoms with Crippen LogP contribution in [0.5, 0.6) is 5.75 Å². The second-order valence-electron chi connectivity index (χ2n) is 9.37. The van der Waals surface area contributed by atoms with E-state index >= 15 is 0 Å². The molecular weight excluding hydrogens is 432 g/mol. The Morgan fingerprint density at radius 1 is 1.22 bits per heavy atom. The Hall–Kier alpha value is -2.64. The molecule has 1 aromatic heterocycles. The Kier molecular flexibility index (Phi) is 6.54. The van der Waals surface area contributed by atoms with E-state index in [1.807, 2.05) is 0 Å². The Labute approximate surface area is 193 Å². The first kappa shape index (κ1) is 24.0. The minimum atomic E-state index is -1.54. The third kappa shape index (κ3) is 5.05. The number of amides is 1. The van der Waals surface area contributed by atoms with Gasteiger partial charge in [-0.1, -0.05) is 17.7 Å². The normalized spacial score (nSPS) is 18.0. The molecular formula is C24H29ClN2O5. The molecule has 2 atom stereocenters. The van der Waals surface area contributed by atoms with Crippen molar-refractivity contribution >= 4 is 23.5 Å². The highest BCUT2D eigenvalue weighted by Crippen LogP contribution is 2.39. The van der Waals surface area contributed by atoms with Crippen molar-refractivity contribution in [1.82, 2.24) is 9.88 Å². The van der Waals surface area contributed by atoms with Crippen LogP contribution in [0.15, 0.2) is 30.5 Å². The summed E-state index contributed by atoms with van der Waals surface area (Å²) in [6, 6.07) is 6.03. The number of pyridine rings is 1. The molecule has 0 fully saturated rings. The van der Waals surface area contributed by atoms with Gasteiger partial charge in [0.2, 0.25) is 0 Å². The number of benzene rings is 1. The van der Waals surface area contributed by atoms with Gasteiger partial charge in [-0.3, -0.25) is 9.78 Å². The van der Waals surface area contributed by atoms with Gasteiger partial charge in [-0.25, -0.2) is 4.79 Å². The minimum absolute atomic E-state index is 0.0934. The Balaban J connectivity index is 1.87. The van der Waals surface area contributed by atoms with E-state index in [0.717, 1.165) is 5.56 Å². The van der Waals surface area contributed by atoms with Gasteiger partial charge in [0.1, 0.15) is 17.0 Å². The summed E-state index contributed by atoms with van der Waals surface area (Å²) in [5, 5.41) is 22.3. The molecule has 0 saturated heterocycles. The zero-order valence-corrected chi connectivity index (χ0v) is 19.7. The number of fused-ring (bicyclic) bond motifs is 1. The number of ketones is 1. The van der Waals surface area contributed by atoms with Crippen LogP contribution in [0, 0.1) is 0 Å². The smallest absolute Gasteiger partial charge is 0.410 e. The first-order valence-electron chi connectivity index (χ1n) is 10.5. The average Bonchev–Trinajstić information content (AvgIpc) is 2.66. The van der Waals surface area contributed by atoms with Gasteiger partial charge in [-0.2, -0.15) is 0 Å². The SMILES string of the molecule is CC1c2c(ccc(C(=O)CC(C)(O)c3ccc(Cl)cn3)c2O)CCN1C(=O)OC(C)(C)C. The Morgan fingerprint density at radius 3 is 2.50 bits per heavy atom. The summed E-state index contributed by atoms with van der Waals surface area (Å²) in [6.07, 6.45) is 1.19. The van der Waals surface area contributed by atoms with Crippen LogP contribution in [-0.4, -0.2) is 44.1 Å². The van der Waals surface area contributed by atoms with Crippen LogP contribution in [0.4, 0.5) is 4.79 Å². The number of carbonyl (C=O) groups excluding carboxylic acids is 2. The van der Waals surface area contributed by atoms with Gasteiger partial charge in [0.25, 0.3) is 0 Å². The molecule has 2 heterocycles. The maximum atomic E-state index is 13.0. The largest absolute Gasteiger partial charge is 0.507 e. The summed E-state index contributed by atoms with van der Waals surface area (Å²) in [6.45, 7) is 9.12. The van der Waals surface area contributed by atoms with Gasteiger partial charge < -0.3 is 19.8 Å². The van der Waals surface area contributed by atoms with E-state index in [0.29, 0.717) is 29.2 Å². The van der Waals surface area contributed by atoms with Gasteiger partial charge in [0, 0.05) is 24.7 Å².